The molecule has 0 aromatic heterocycles. The fourth-order valence-electron chi connectivity index (χ4n) is 3.26. The van der Waals surface area contributed by atoms with Gasteiger partial charge in [-0.1, -0.05) is 26.8 Å². The highest BCUT2D eigenvalue weighted by Gasteiger charge is 2.35. The highest BCUT2D eigenvalue weighted by molar-refractivity contribution is 5.38. The number of methoxy groups -OCH3 is 1. The molecule has 1 aromatic rings. The second-order valence-electron chi connectivity index (χ2n) is 6.04. The molecule has 0 aliphatic rings. The molecule has 0 bridgehead atoms. The second-order valence-corrected chi connectivity index (χ2v) is 6.04. The fourth-order valence-corrected chi connectivity index (χ4v) is 3.26. The molecule has 0 saturated carbocycles. The summed E-state index contributed by atoms with van der Waals surface area (Å²) in [6.07, 6.45) is 0. The molecule has 0 radical (unpaired) electrons. The van der Waals surface area contributed by atoms with Gasteiger partial charge < -0.3 is 10.1 Å². The van der Waals surface area contributed by atoms with E-state index in [1.807, 2.05) is 0 Å². The van der Waals surface area contributed by atoms with Crippen molar-refractivity contribution in [3.05, 3.63) is 29.3 Å². The largest absolute Gasteiger partial charge is 0.497 e. The van der Waals surface area contributed by atoms with E-state index in [4.69, 9.17) is 4.74 Å². The summed E-state index contributed by atoms with van der Waals surface area (Å²) in [6.45, 7) is 16.5. The third kappa shape index (κ3) is 3.98. The molecule has 3 nitrogen and oxygen atoms in total. The number of ether oxygens (including phenoxy) is 1. The molecule has 1 aromatic carbocycles. The summed E-state index contributed by atoms with van der Waals surface area (Å²) < 4.78 is 5.33. The zero-order chi connectivity index (χ0) is 16.0. The maximum absolute atomic E-state index is 5.33. The van der Waals surface area contributed by atoms with Crippen LogP contribution in [0.15, 0.2) is 18.2 Å². The van der Waals surface area contributed by atoms with Crippen LogP contribution in [-0.4, -0.2) is 37.2 Å². The maximum Gasteiger partial charge on any atom is 0.119 e. The van der Waals surface area contributed by atoms with Gasteiger partial charge in [-0.25, -0.2) is 0 Å². The van der Waals surface area contributed by atoms with Crippen molar-refractivity contribution in [1.29, 1.82) is 0 Å². The third-order valence-electron chi connectivity index (χ3n) is 4.48. The molecule has 0 aliphatic heterocycles. The minimum absolute atomic E-state index is 0.0544. The molecule has 1 atom stereocenters. The second kappa shape index (κ2) is 7.81. The first-order valence-corrected chi connectivity index (χ1v) is 8.05. The molecule has 21 heavy (non-hydrogen) atoms. The van der Waals surface area contributed by atoms with Crippen LogP contribution in [0.25, 0.3) is 0 Å². The predicted octanol–water partition coefficient (Wildman–Crippen LogP) is 3.77. The van der Waals surface area contributed by atoms with Crippen molar-refractivity contribution in [3.8, 4) is 5.75 Å². The average molecular weight is 292 g/mol. The molecule has 0 aliphatic carbocycles. The smallest absolute Gasteiger partial charge is 0.119 e. The number of nitrogens with zero attached hydrogens (tertiary/aromatic N) is 1. The van der Waals surface area contributed by atoms with Gasteiger partial charge in [0.15, 0.2) is 0 Å². The minimum Gasteiger partial charge on any atom is -0.497 e. The van der Waals surface area contributed by atoms with E-state index in [0.717, 1.165) is 25.4 Å². The fraction of sp³-hybridized carbons (Fsp3) is 0.667. The summed E-state index contributed by atoms with van der Waals surface area (Å²) in [4.78, 5) is 2.52. The number of hydrogen-bond acceptors (Lipinski definition) is 3. The van der Waals surface area contributed by atoms with Crippen LogP contribution in [-0.2, 0) is 0 Å². The van der Waals surface area contributed by atoms with E-state index < -0.39 is 0 Å². The van der Waals surface area contributed by atoms with Gasteiger partial charge in [-0.2, -0.15) is 0 Å². The van der Waals surface area contributed by atoms with Crippen molar-refractivity contribution in [2.45, 2.75) is 53.1 Å². The molecule has 1 rings (SSSR count). The first kappa shape index (κ1) is 18.0. The average Bonchev–Trinajstić information content (AvgIpc) is 2.46. The van der Waals surface area contributed by atoms with Crippen LogP contribution in [0, 0.1) is 6.92 Å². The van der Waals surface area contributed by atoms with Gasteiger partial charge in [0, 0.05) is 5.54 Å². The van der Waals surface area contributed by atoms with Crippen LogP contribution in [0.5, 0.6) is 5.75 Å². The number of benzene rings is 1. The lowest BCUT2D eigenvalue weighted by atomic mass is 9.84. The number of nitrogens with one attached hydrogen (secondary N) is 1. The summed E-state index contributed by atoms with van der Waals surface area (Å²) in [5.74, 6) is 0.923. The molecule has 0 amide bonds. The van der Waals surface area contributed by atoms with Crippen molar-refractivity contribution in [2.24, 2.45) is 0 Å². The molecule has 120 valence electrons. The van der Waals surface area contributed by atoms with Gasteiger partial charge in [-0.15, -0.1) is 0 Å². The van der Waals surface area contributed by atoms with Crippen LogP contribution < -0.4 is 10.1 Å². The Morgan fingerprint density at radius 3 is 2.24 bits per heavy atom. The zero-order valence-corrected chi connectivity index (χ0v) is 14.8. The number of likely N-dealkylation sites (N-methyl/N-ethyl adjacent to an activating group) is 2. The quantitative estimate of drug-likeness (QED) is 0.789. The molecular formula is C18H32N2O. The van der Waals surface area contributed by atoms with E-state index in [9.17, 15) is 0 Å². The Hall–Kier alpha value is -1.06. The topological polar surface area (TPSA) is 24.5 Å². The first-order chi connectivity index (χ1) is 9.92. The Balaban J connectivity index is 3.22. The molecule has 1 N–H and O–H groups in total. The summed E-state index contributed by atoms with van der Waals surface area (Å²) >= 11 is 0. The summed E-state index contributed by atoms with van der Waals surface area (Å²) in [5.41, 5.74) is 2.69. The molecule has 0 heterocycles. The standard InChI is InChI=1S/C18H32N2O/c1-8-19-17(18(5,6)20(9-2)10-3)16-12-11-15(21-7)13-14(16)4/h11-13,17,19H,8-10H2,1-7H3. The van der Waals surface area contributed by atoms with Gasteiger partial charge in [-0.3, -0.25) is 4.90 Å². The van der Waals surface area contributed by atoms with E-state index in [0.29, 0.717) is 6.04 Å². The summed E-state index contributed by atoms with van der Waals surface area (Å²) in [5, 5.41) is 3.68. The monoisotopic (exact) mass is 292 g/mol. The van der Waals surface area contributed by atoms with Crippen molar-refractivity contribution in [3.63, 3.8) is 0 Å². The SMILES string of the molecule is CCNC(c1ccc(OC)cc1C)C(C)(C)N(CC)CC. The number of rotatable bonds is 8. The Kier molecular flexibility index (Phi) is 6.69. The Morgan fingerprint density at radius 2 is 1.81 bits per heavy atom. The van der Waals surface area contributed by atoms with Crippen molar-refractivity contribution < 1.29 is 4.74 Å². The zero-order valence-electron chi connectivity index (χ0n) is 14.8. The Labute approximate surface area is 130 Å². The van der Waals surface area contributed by atoms with Crippen LogP contribution in [0.4, 0.5) is 0 Å². The first-order valence-electron chi connectivity index (χ1n) is 8.05. The highest BCUT2D eigenvalue weighted by Crippen LogP contribution is 2.34. The molecule has 1 unspecified atom stereocenters. The van der Waals surface area contributed by atoms with E-state index in [1.54, 1.807) is 7.11 Å². The van der Waals surface area contributed by atoms with Crippen LogP contribution >= 0.6 is 0 Å². The lowest BCUT2D eigenvalue weighted by molar-refractivity contribution is 0.0916. The van der Waals surface area contributed by atoms with Gasteiger partial charge in [-0.05, 0) is 63.7 Å². The van der Waals surface area contributed by atoms with Crippen molar-refractivity contribution in [1.82, 2.24) is 10.2 Å². The summed E-state index contributed by atoms with van der Waals surface area (Å²) in [7, 11) is 1.72. The molecule has 0 spiro atoms. The molecule has 0 saturated heterocycles. The predicted molar refractivity (Wildman–Crippen MR) is 91.1 cm³/mol. The molecule has 3 heteroatoms. The lowest BCUT2D eigenvalue weighted by Gasteiger charge is -2.44. The lowest BCUT2D eigenvalue weighted by Crippen LogP contribution is -2.52. The van der Waals surface area contributed by atoms with Gasteiger partial charge in [0.1, 0.15) is 5.75 Å². The van der Waals surface area contributed by atoms with Crippen LogP contribution in [0.1, 0.15) is 51.8 Å². The third-order valence-corrected chi connectivity index (χ3v) is 4.48. The highest BCUT2D eigenvalue weighted by atomic mass is 16.5. The molecule has 0 fully saturated rings. The van der Waals surface area contributed by atoms with E-state index in [-0.39, 0.29) is 5.54 Å². The minimum atomic E-state index is 0.0544. The van der Waals surface area contributed by atoms with Crippen molar-refractivity contribution in [2.75, 3.05) is 26.7 Å². The van der Waals surface area contributed by atoms with Crippen LogP contribution in [0.3, 0.4) is 0 Å². The van der Waals surface area contributed by atoms with E-state index >= 15 is 0 Å². The van der Waals surface area contributed by atoms with Crippen molar-refractivity contribution >= 4 is 0 Å². The Bertz CT molecular complexity index is 439. The van der Waals surface area contributed by atoms with E-state index in [1.165, 1.54) is 11.1 Å². The molecular weight excluding hydrogens is 260 g/mol. The van der Waals surface area contributed by atoms with Gasteiger partial charge >= 0.3 is 0 Å². The van der Waals surface area contributed by atoms with E-state index in [2.05, 4.69) is 70.0 Å². The number of aryl methyl sites for hydroxylation is 1. The van der Waals surface area contributed by atoms with Gasteiger partial charge in [0.05, 0.1) is 13.2 Å². The Morgan fingerprint density at radius 1 is 1.19 bits per heavy atom. The van der Waals surface area contributed by atoms with Gasteiger partial charge in [0.2, 0.25) is 0 Å². The van der Waals surface area contributed by atoms with Gasteiger partial charge in [0.25, 0.3) is 0 Å². The normalized spacial score (nSPS) is 13.5. The number of hydrogen-bond donors (Lipinski definition) is 1. The maximum atomic E-state index is 5.33. The van der Waals surface area contributed by atoms with Crippen LogP contribution in [0.2, 0.25) is 0 Å². The summed E-state index contributed by atoms with van der Waals surface area (Å²) in [6, 6.07) is 6.68.